The average molecular weight is 506 g/mol. The molecular weight excluding hydrogens is 474 g/mol. The van der Waals surface area contributed by atoms with Gasteiger partial charge in [0, 0.05) is 36.9 Å². The van der Waals surface area contributed by atoms with Crippen LogP contribution in [-0.4, -0.2) is 82.2 Å². The van der Waals surface area contributed by atoms with Crippen LogP contribution >= 0.6 is 11.6 Å². The Kier molecular flexibility index (Phi) is 8.61. The number of halogens is 1. The maximum absolute atomic E-state index is 13.1. The molecule has 0 bridgehead atoms. The minimum atomic E-state index is -0.797. The first-order valence-electron chi connectivity index (χ1n) is 11.9. The quantitative estimate of drug-likeness (QED) is 0.552. The van der Waals surface area contributed by atoms with Crippen molar-refractivity contribution in [3.63, 3.8) is 0 Å². The molecule has 1 aromatic heterocycles. The molecule has 2 saturated heterocycles. The first-order chi connectivity index (χ1) is 16.9. The molecule has 3 amide bonds. The lowest BCUT2D eigenvalue weighted by Crippen LogP contribution is -2.58. The Morgan fingerprint density at radius 2 is 2.03 bits per heavy atom. The SMILES string of the molecule is Cn1cnc(CCNC(=O)C[C@@H]2CC[C@@H]3[C@H](COC[C@@H](O)CN3C(=O)Nc3ccc(Cl)cc3)O2)c1. The molecule has 4 atom stereocenters. The number of aliphatic hydroxyl groups is 1. The maximum Gasteiger partial charge on any atom is 0.322 e. The molecule has 190 valence electrons. The number of ether oxygens (including phenoxy) is 2. The molecule has 0 aliphatic carbocycles. The largest absolute Gasteiger partial charge is 0.389 e. The third-order valence-electron chi connectivity index (χ3n) is 6.21. The number of aliphatic hydroxyl groups excluding tert-OH is 1. The summed E-state index contributed by atoms with van der Waals surface area (Å²) in [5, 5.41) is 16.7. The molecule has 3 N–H and O–H groups in total. The number of hydrogen-bond donors (Lipinski definition) is 3. The summed E-state index contributed by atoms with van der Waals surface area (Å²) >= 11 is 5.93. The molecule has 2 aromatic rings. The fraction of sp³-hybridized carbons (Fsp3) is 0.542. The van der Waals surface area contributed by atoms with Gasteiger partial charge in [-0.1, -0.05) is 11.6 Å². The van der Waals surface area contributed by atoms with Crippen LogP contribution in [0.5, 0.6) is 0 Å². The van der Waals surface area contributed by atoms with Gasteiger partial charge in [-0.25, -0.2) is 9.78 Å². The van der Waals surface area contributed by atoms with Crippen molar-refractivity contribution in [2.24, 2.45) is 7.05 Å². The number of urea groups is 1. The van der Waals surface area contributed by atoms with Crippen molar-refractivity contribution in [2.45, 2.75) is 50.0 Å². The zero-order valence-corrected chi connectivity index (χ0v) is 20.5. The Hall–Kier alpha value is -2.66. The Balaban J connectivity index is 1.32. The number of aromatic nitrogens is 2. The minimum Gasteiger partial charge on any atom is -0.389 e. The highest BCUT2D eigenvalue weighted by molar-refractivity contribution is 6.30. The van der Waals surface area contributed by atoms with Gasteiger partial charge in [0.2, 0.25) is 5.91 Å². The summed E-state index contributed by atoms with van der Waals surface area (Å²) in [5.41, 5.74) is 1.54. The van der Waals surface area contributed by atoms with Gasteiger partial charge in [0.15, 0.2) is 0 Å². The number of aryl methyl sites for hydroxylation is 1. The lowest BCUT2D eigenvalue weighted by atomic mass is 9.95. The van der Waals surface area contributed by atoms with Crippen molar-refractivity contribution in [3.05, 3.63) is 47.5 Å². The topological polar surface area (TPSA) is 118 Å². The van der Waals surface area contributed by atoms with Crippen LogP contribution in [0.25, 0.3) is 0 Å². The number of anilines is 1. The fourth-order valence-corrected chi connectivity index (χ4v) is 4.63. The van der Waals surface area contributed by atoms with Crippen molar-refractivity contribution in [1.29, 1.82) is 0 Å². The molecule has 0 radical (unpaired) electrons. The average Bonchev–Trinajstić information content (AvgIpc) is 3.23. The van der Waals surface area contributed by atoms with Gasteiger partial charge < -0.3 is 34.7 Å². The first-order valence-corrected chi connectivity index (χ1v) is 12.2. The Morgan fingerprint density at radius 3 is 2.77 bits per heavy atom. The summed E-state index contributed by atoms with van der Waals surface area (Å²) in [6.07, 6.45) is 4.38. The molecule has 0 unspecified atom stereocenters. The number of nitrogens with zero attached hydrogens (tertiary/aromatic N) is 3. The molecule has 11 heteroatoms. The lowest BCUT2D eigenvalue weighted by Gasteiger charge is -2.44. The fourth-order valence-electron chi connectivity index (χ4n) is 4.51. The van der Waals surface area contributed by atoms with E-state index in [2.05, 4.69) is 15.6 Å². The van der Waals surface area contributed by atoms with Gasteiger partial charge in [-0.2, -0.15) is 0 Å². The second-order valence-corrected chi connectivity index (χ2v) is 9.49. The third kappa shape index (κ3) is 7.17. The van der Waals surface area contributed by atoms with E-state index >= 15 is 0 Å². The first kappa shape index (κ1) is 25.4. The van der Waals surface area contributed by atoms with Gasteiger partial charge in [0.05, 0.1) is 56.5 Å². The lowest BCUT2D eigenvalue weighted by molar-refractivity contribution is -0.149. The van der Waals surface area contributed by atoms with Gasteiger partial charge in [-0.3, -0.25) is 4.79 Å². The number of benzene rings is 1. The molecule has 2 aliphatic rings. The van der Waals surface area contributed by atoms with Crippen molar-refractivity contribution in [1.82, 2.24) is 19.8 Å². The van der Waals surface area contributed by atoms with Crippen LogP contribution in [0.1, 0.15) is 25.0 Å². The zero-order chi connectivity index (χ0) is 24.8. The van der Waals surface area contributed by atoms with Crippen LogP contribution in [0.15, 0.2) is 36.8 Å². The van der Waals surface area contributed by atoms with Crippen molar-refractivity contribution in [3.8, 4) is 0 Å². The number of carbonyl (C=O) groups excluding carboxylic acids is 2. The maximum atomic E-state index is 13.1. The van der Waals surface area contributed by atoms with Crippen LogP contribution in [0.2, 0.25) is 5.02 Å². The summed E-state index contributed by atoms with van der Waals surface area (Å²) in [6.45, 7) is 0.983. The van der Waals surface area contributed by atoms with Crippen molar-refractivity contribution >= 4 is 29.2 Å². The number of carbonyl (C=O) groups is 2. The molecule has 35 heavy (non-hydrogen) atoms. The van der Waals surface area contributed by atoms with Gasteiger partial charge in [0.25, 0.3) is 0 Å². The molecule has 4 rings (SSSR count). The van der Waals surface area contributed by atoms with E-state index in [0.29, 0.717) is 36.5 Å². The van der Waals surface area contributed by atoms with E-state index in [4.69, 9.17) is 21.1 Å². The highest BCUT2D eigenvalue weighted by Crippen LogP contribution is 2.28. The third-order valence-corrected chi connectivity index (χ3v) is 6.46. The van der Waals surface area contributed by atoms with E-state index in [1.165, 1.54) is 0 Å². The molecule has 0 spiro atoms. The summed E-state index contributed by atoms with van der Waals surface area (Å²) in [6, 6.07) is 6.25. The summed E-state index contributed by atoms with van der Waals surface area (Å²) in [5.74, 6) is -0.0797. The smallest absolute Gasteiger partial charge is 0.322 e. The number of nitrogens with one attached hydrogen (secondary N) is 2. The predicted octanol–water partition coefficient (Wildman–Crippen LogP) is 1.96. The van der Waals surface area contributed by atoms with Crippen molar-refractivity contribution in [2.75, 3.05) is 31.6 Å². The van der Waals surface area contributed by atoms with Crippen LogP contribution in [-0.2, 0) is 27.7 Å². The van der Waals surface area contributed by atoms with Gasteiger partial charge in [-0.05, 0) is 37.1 Å². The molecule has 3 heterocycles. The number of amides is 3. The van der Waals surface area contributed by atoms with Crippen LogP contribution in [0, 0.1) is 0 Å². The number of rotatable bonds is 6. The Bertz CT molecular complexity index is 1000. The summed E-state index contributed by atoms with van der Waals surface area (Å²) in [7, 11) is 1.91. The van der Waals surface area contributed by atoms with E-state index in [1.54, 1.807) is 35.5 Å². The van der Waals surface area contributed by atoms with Crippen LogP contribution < -0.4 is 10.6 Å². The van der Waals surface area contributed by atoms with Crippen molar-refractivity contribution < 1.29 is 24.2 Å². The molecule has 1 aromatic carbocycles. The number of fused-ring (bicyclic) bond motifs is 1. The van der Waals surface area contributed by atoms with E-state index in [-0.39, 0.29) is 50.3 Å². The van der Waals surface area contributed by atoms with E-state index < -0.39 is 12.2 Å². The number of imidazole rings is 1. The molecule has 0 saturated carbocycles. The molecule has 2 fully saturated rings. The summed E-state index contributed by atoms with van der Waals surface area (Å²) < 4.78 is 13.7. The predicted molar refractivity (Wildman–Crippen MR) is 130 cm³/mol. The number of β-amino-alcohol motifs (C(OH)–C–C–N with tert-alkyl or cyclic N) is 1. The Labute approximate surface area is 209 Å². The zero-order valence-electron chi connectivity index (χ0n) is 19.7. The van der Waals surface area contributed by atoms with Gasteiger partial charge in [-0.15, -0.1) is 0 Å². The minimum absolute atomic E-state index is 0.0797. The monoisotopic (exact) mass is 505 g/mol. The van der Waals surface area contributed by atoms with Crippen LogP contribution in [0.3, 0.4) is 0 Å². The van der Waals surface area contributed by atoms with Crippen LogP contribution in [0.4, 0.5) is 10.5 Å². The highest BCUT2D eigenvalue weighted by atomic mass is 35.5. The number of hydrogen-bond acceptors (Lipinski definition) is 6. The van der Waals surface area contributed by atoms with E-state index in [0.717, 1.165) is 5.69 Å². The second kappa shape index (κ2) is 11.9. The Morgan fingerprint density at radius 1 is 1.23 bits per heavy atom. The highest BCUT2D eigenvalue weighted by Gasteiger charge is 2.40. The van der Waals surface area contributed by atoms with Gasteiger partial charge >= 0.3 is 6.03 Å². The molecular formula is C24H32ClN5O5. The van der Waals surface area contributed by atoms with E-state index in [1.807, 2.05) is 17.8 Å². The molecule has 2 aliphatic heterocycles. The van der Waals surface area contributed by atoms with Gasteiger partial charge in [0.1, 0.15) is 6.10 Å². The molecule has 10 nitrogen and oxygen atoms in total. The van der Waals surface area contributed by atoms with E-state index in [9.17, 15) is 14.7 Å². The second-order valence-electron chi connectivity index (χ2n) is 9.06. The summed E-state index contributed by atoms with van der Waals surface area (Å²) in [4.78, 5) is 31.5. The normalized spacial score (nSPS) is 24.7. The standard InChI is InChI=1S/C24H32ClN5O5/c1-29-11-18(27-15-29)8-9-26-23(32)10-20-6-7-21-22(35-20)14-34-13-19(31)12-30(21)24(33)28-17-4-2-16(25)3-5-17/h2-5,11,15,19-22,31H,6-10,12-14H2,1H3,(H,26,32)(H,28,33)/t19-,20-,21+,22-/m0/s1.